The minimum atomic E-state index is -0.985. The number of aromatic nitrogens is 3. The molecule has 2 unspecified atom stereocenters. The first-order valence-electron chi connectivity index (χ1n) is 5.58. The molecule has 0 aliphatic rings. The van der Waals surface area contributed by atoms with Crippen molar-refractivity contribution in [2.45, 2.75) is 38.9 Å². The van der Waals surface area contributed by atoms with E-state index in [1.54, 1.807) is 0 Å². The molecule has 0 fully saturated rings. The summed E-state index contributed by atoms with van der Waals surface area (Å²) in [6.45, 7) is 4.13. The molecule has 7 heteroatoms. The van der Waals surface area contributed by atoms with Gasteiger partial charge in [-0.2, -0.15) is 0 Å². The van der Waals surface area contributed by atoms with E-state index in [1.165, 1.54) is 10.9 Å². The zero-order chi connectivity index (χ0) is 12.8. The molecule has 0 aliphatic heterocycles. The zero-order valence-corrected chi connectivity index (χ0v) is 10.00. The highest BCUT2D eigenvalue weighted by Crippen LogP contribution is 2.11. The summed E-state index contributed by atoms with van der Waals surface area (Å²) >= 11 is 0. The molecule has 1 aromatic heterocycles. The van der Waals surface area contributed by atoms with Gasteiger partial charge in [0, 0.05) is 6.04 Å². The second-order valence-corrected chi connectivity index (χ2v) is 3.88. The highest BCUT2D eigenvalue weighted by atomic mass is 16.4. The lowest BCUT2D eigenvalue weighted by Gasteiger charge is -2.16. The van der Waals surface area contributed by atoms with Crippen LogP contribution in [0, 0.1) is 0 Å². The number of aliphatic carboxylic acids is 1. The maximum atomic E-state index is 11.1. The van der Waals surface area contributed by atoms with Gasteiger partial charge in [-0.25, -0.2) is 4.68 Å². The zero-order valence-electron chi connectivity index (χ0n) is 10.00. The number of aliphatic hydroxyl groups is 1. The molecular weight excluding hydrogens is 224 g/mol. The predicted molar refractivity (Wildman–Crippen MR) is 60.4 cm³/mol. The Balaban J connectivity index is 2.78. The maximum Gasteiger partial charge on any atom is 0.327 e. The van der Waals surface area contributed by atoms with E-state index < -0.39 is 12.0 Å². The fourth-order valence-electron chi connectivity index (χ4n) is 1.34. The molecule has 1 heterocycles. The normalized spacial score (nSPS) is 14.5. The highest BCUT2D eigenvalue weighted by molar-refractivity contribution is 5.74. The van der Waals surface area contributed by atoms with Crippen LogP contribution in [0.3, 0.4) is 0 Å². The minimum absolute atomic E-state index is 0.0562. The molecule has 0 radical (unpaired) electrons. The van der Waals surface area contributed by atoms with Crippen LogP contribution in [0.15, 0.2) is 6.20 Å². The number of nitrogens with zero attached hydrogens (tertiary/aromatic N) is 3. The van der Waals surface area contributed by atoms with Gasteiger partial charge in [-0.1, -0.05) is 12.1 Å². The molecule has 0 aliphatic carbocycles. The second kappa shape index (κ2) is 6.31. The quantitative estimate of drug-likeness (QED) is 0.611. The summed E-state index contributed by atoms with van der Waals surface area (Å²) in [6.07, 6.45) is 2.36. The summed E-state index contributed by atoms with van der Waals surface area (Å²) in [4.78, 5) is 11.1. The van der Waals surface area contributed by atoms with Crippen molar-refractivity contribution >= 4 is 5.97 Å². The molecule has 0 aromatic carbocycles. The molecule has 0 spiro atoms. The van der Waals surface area contributed by atoms with E-state index in [0.717, 1.165) is 6.42 Å². The fourth-order valence-corrected chi connectivity index (χ4v) is 1.34. The number of rotatable bonds is 7. The average Bonchev–Trinajstić information content (AvgIpc) is 2.74. The Morgan fingerprint density at radius 1 is 1.65 bits per heavy atom. The summed E-state index contributed by atoms with van der Waals surface area (Å²) in [5, 5.41) is 28.4. The molecule has 7 nitrogen and oxygen atoms in total. The lowest BCUT2D eigenvalue weighted by Crippen LogP contribution is -2.35. The molecule has 0 bridgehead atoms. The smallest absolute Gasteiger partial charge is 0.327 e. The number of carboxylic acids is 1. The van der Waals surface area contributed by atoms with Crippen LogP contribution >= 0.6 is 0 Å². The summed E-state index contributed by atoms with van der Waals surface area (Å²) < 4.78 is 1.42. The highest BCUT2D eigenvalue weighted by Gasteiger charge is 2.24. The van der Waals surface area contributed by atoms with Crippen molar-refractivity contribution in [1.29, 1.82) is 0 Å². The maximum absolute atomic E-state index is 11.1. The topological polar surface area (TPSA) is 100 Å². The molecule has 3 N–H and O–H groups in total. The van der Waals surface area contributed by atoms with E-state index in [0.29, 0.717) is 12.2 Å². The van der Waals surface area contributed by atoms with Gasteiger partial charge in [0.25, 0.3) is 0 Å². The Labute approximate surface area is 99.4 Å². The Hall–Kier alpha value is -1.47. The van der Waals surface area contributed by atoms with Gasteiger partial charge in [-0.05, 0) is 13.3 Å². The van der Waals surface area contributed by atoms with Crippen LogP contribution in [0.1, 0.15) is 32.0 Å². The van der Waals surface area contributed by atoms with E-state index in [4.69, 9.17) is 10.2 Å². The molecule has 0 saturated carbocycles. The molecule has 1 aromatic rings. The van der Waals surface area contributed by atoms with E-state index in [9.17, 15) is 4.79 Å². The van der Waals surface area contributed by atoms with Crippen molar-refractivity contribution in [2.24, 2.45) is 0 Å². The molecule has 1 rings (SSSR count). The monoisotopic (exact) mass is 242 g/mol. The third-order valence-corrected chi connectivity index (χ3v) is 2.49. The largest absolute Gasteiger partial charge is 0.480 e. The van der Waals surface area contributed by atoms with Gasteiger partial charge in [-0.15, -0.1) is 5.10 Å². The molecule has 2 atom stereocenters. The van der Waals surface area contributed by atoms with Crippen LogP contribution in [-0.4, -0.2) is 43.8 Å². The van der Waals surface area contributed by atoms with Crippen molar-refractivity contribution in [3.63, 3.8) is 0 Å². The van der Waals surface area contributed by atoms with Crippen molar-refractivity contribution in [3.8, 4) is 0 Å². The summed E-state index contributed by atoms with van der Waals surface area (Å²) in [6, 6.07) is -0.781. The van der Waals surface area contributed by atoms with Crippen LogP contribution in [0.2, 0.25) is 0 Å². The van der Waals surface area contributed by atoms with E-state index in [-0.39, 0.29) is 12.6 Å². The predicted octanol–water partition coefficient (Wildman–Crippen LogP) is -0.216. The minimum Gasteiger partial charge on any atom is -0.480 e. The average molecular weight is 242 g/mol. The number of carbonyl (C=O) groups is 1. The number of aliphatic hydroxyl groups excluding tert-OH is 1. The van der Waals surface area contributed by atoms with Gasteiger partial charge in [0.05, 0.1) is 19.3 Å². The summed E-state index contributed by atoms with van der Waals surface area (Å²) in [7, 11) is 0. The number of nitrogens with one attached hydrogen (secondary N) is 1. The first kappa shape index (κ1) is 13.6. The molecule has 96 valence electrons. The first-order valence-corrected chi connectivity index (χ1v) is 5.58. The Kier molecular flexibility index (Phi) is 5.05. The fraction of sp³-hybridized carbons (Fsp3) is 0.700. The van der Waals surface area contributed by atoms with Gasteiger partial charge >= 0.3 is 5.97 Å². The molecule has 0 saturated heterocycles. The van der Waals surface area contributed by atoms with Crippen molar-refractivity contribution in [1.82, 2.24) is 20.3 Å². The van der Waals surface area contributed by atoms with Gasteiger partial charge in [0.15, 0.2) is 6.04 Å². The lowest BCUT2D eigenvalue weighted by molar-refractivity contribution is -0.140. The Morgan fingerprint density at radius 3 is 2.88 bits per heavy atom. The summed E-state index contributed by atoms with van der Waals surface area (Å²) in [5.41, 5.74) is 0.353. The third kappa shape index (κ3) is 3.79. The number of carboxylic acid groups (broad SMARTS) is 1. The third-order valence-electron chi connectivity index (χ3n) is 2.49. The standard InChI is InChI=1S/C10H18N4O3/c1-3-7(2)11-9(10(16)17)8-6-14(4-5-15)13-12-8/h6-7,9,11,15H,3-5H2,1-2H3,(H,16,17). The number of hydrogen-bond donors (Lipinski definition) is 3. The van der Waals surface area contributed by atoms with Gasteiger partial charge in [-0.3, -0.25) is 10.1 Å². The van der Waals surface area contributed by atoms with Crippen molar-refractivity contribution in [3.05, 3.63) is 11.9 Å². The van der Waals surface area contributed by atoms with Gasteiger partial charge in [0.1, 0.15) is 5.69 Å². The van der Waals surface area contributed by atoms with Crippen molar-refractivity contribution in [2.75, 3.05) is 6.61 Å². The van der Waals surface area contributed by atoms with Crippen LogP contribution in [-0.2, 0) is 11.3 Å². The number of hydrogen-bond acceptors (Lipinski definition) is 5. The van der Waals surface area contributed by atoms with Crippen LogP contribution in [0.25, 0.3) is 0 Å². The lowest BCUT2D eigenvalue weighted by atomic mass is 10.1. The Morgan fingerprint density at radius 2 is 2.35 bits per heavy atom. The van der Waals surface area contributed by atoms with Crippen LogP contribution in [0.5, 0.6) is 0 Å². The van der Waals surface area contributed by atoms with Crippen molar-refractivity contribution < 1.29 is 15.0 Å². The molecule has 17 heavy (non-hydrogen) atoms. The summed E-state index contributed by atoms with van der Waals surface area (Å²) in [5.74, 6) is -0.985. The Bertz CT molecular complexity index is 366. The van der Waals surface area contributed by atoms with Gasteiger partial charge in [0.2, 0.25) is 0 Å². The SMILES string of the molecule is CCC(C)NC(C(=O)O)c1cn(CCO)nn1. The molecule has 0 amide bonds. The first-order chi connectivity index (χ1) is 8.08. The molecular formula is C10H18N4O3. The van der Waals surface area contributed by atoms with E-state index >= 15 is 0 Å². The van der Waals surface area contributed by atoms with Crippen LogP contribution < -0.4 is 5.32 Å². The van der Waals surface area contributed by atoms with E-state index in [1.807, 2.05) is 13.8 Å². The van der Waals surface area contributed by atoms with Gasteiger partial charge < -0.3 is 10.2 Å². The van der Waals surface area contributed by atoms with E-state index in [2.05, 4.69) is 15.6 Å². The second-order valence-electron chi connectivity index (χ2n) is 3.88. The van der Waals surface area contributed by atoms with Crippen LogP contribution in [0.4, 0.5) is 0 Å².